The van der Waals surface area contributed by atoms with Crippen LogP contribution in [0.25, 0.3) is 57.5 Å². The van der Waals surface area contributed by atoms with Crippen LogP contribution in [0.5, 0.6) is 5.75 Å². The summed E-state index contributed by atoms with van der Waals surface area (Å²) in [7, 11) is 0. The quantitative estimate of drug-likeness (QED) is 0.314. The van der Waals surface area contributed by atoms with Gasteiger partial charge < -0.3 is 15.1 Å². The average molecular weight is 402 g/mol. The minimum Gasteiger partial charge on any atom is -0.508 e. The first-order valence-corrected chi connectivity index (χ1v) is 10.1. The molecule has 5 heteroatoms. The summed E-state index contributed by atoms with van der Waals surface area (Å²) < 4.78 is 0. The van der Waals surface area contributed by atoms with E-state index in [0.717, 1.165) is 56.0 Å². The van der Waals surface area contributed by atoms with Crippen LogP contribution in [0.2, 0.25) is 0 Å². The van der Waals surface area contributed by atoms with Crippen molar-refractivity contribution in [3.63, 3.8) is 0 Å². The van der Waals surface area contributed by atoms with Crippen molar-refractivity contribution in [1.82, 2.24) is 19.9 Å². The summed E-state index contributed by atoms with van der Waals surface area (Å²) in [6.45, 7) is 0. The summed E-state index contributed by atoms with van der Waals surface area (Å²) in [5.74, 6) is 0.247. The normalized spacial score (nSPS) is 12.4. The Kier molecular flexibility index (Phi) is 3.86. The SMILES string of the molecule is Oc1ccc(-c2cc3cc4nc(cc5ccc(cc6nc(cc2[nH]3)C=C6)[nH]5)C=C4)cc1. The molecule has 0 saturated heterocycles. The molecule has 0 aliphatic carbocycles. The van der Waals surface area contributed by atoms with E-state index in [1.807, 2.05) is 72.8 Å². The Hall–Kier alpha value is -4.38. The van der Waals surface area contributed by atoms with Gasteiger partial charge in [0.25, 0.3) is 0 Å². The van der Waals surface area contributed by atoms with Crippen molar-refractivity contribution >= 4 is 46.4 Å². The van der Waals surface area contributed by atoms with Gasteiger partial charge in [-0.25, -0.2) is 9.97 Å². The van der Waals surface area contributed by atoms with Gasteiger partial charge in [-0.1, -0.05) is 12.1 Å². The monoisotopic (exact) mass is 402 g/mol. The Bertz CT molecular complexity index is 1540. The maximum absolute atomic E-state index is 9.68. The fourth-order valence-electron chi connectivity index (χ4n) is 3.90. The maximum atomic E-state index is 9.68. The molecule has 0 radical (unpaired) electrons. The lowest BCUT2D eigenvalue weighted by atomic mass is 10.1. The molecule has 8 bridgehead atoms. The van der Waals surface area contributed by atoms with E-state index in [2.05, 4.69) is 16.0 Å². The lowest BCUT2D eigenvalue weighted by Crippen LogP contribution is -1.77. The largest absolute Gasteiger partial charge is 0.508 e. The van der Waals surface area contributed by atoms with E-state index in [-0.39, 0.29) is 5.75 Å². The molecule has 148 valence electrons. The summed E-state index contributed by atoms with van der Waals surface area (Å²) in [5.41, 5.74) is 9.50. The molecule has 0 spiro atoms. The third kappa shape index (κ3) is 3.42. The molecule has 0 unspecified atom stereocenters. The Morgan fingerprint density at radius 2 is 1.10 bits per heavy atom. The predicted octanol–water partition coefficient (Wildman–Crippen LogP) is 6.03. The van der Waals surface area contributed by atoms with Gasteiger partial charge in [-0.05, 0) is 84.5 Å². The molecule has 6 rings (SSSR count). The number of aromatic nitrogens is 4. The van der Waals surface area contributed by atoms with E-state index in [4.69, 9.17) is 9.97 Å². The molecule has 31 heavy (non-hydrogen) atoms. The van der Waals surface area contributed by atoms with Crippen LogP contribution in [0.4, 0.5) is 0 Å². The van der Waals surface area contributed by atoms with Crippen LogP contribution in [-0.2, 0) is 0 Å². The summed E-state index contributed by atoms with van der Waals surface area (Å²) in [6, 6.07) is 21.5. The molecule has 1 aromatic carbocycles. The zero-order chi connectivity index (χ0) is 20.8. The molecule has 3 N–H and O–H groups in total. The molecule has 3 aromatic heterocycles. The Morgan fingerprint density at radius 1 is 0.548 bits per heavy atom. The number of hydrogen-bond acceptors (Lipinski definition) is 3. The van der Waals surface area contributed by atoms with E-state index >= 15 is 0 Å². The minimum absolute atomic E-state index is 0.247. The number of aromatic amines is 2. The highest BCUT2D eigenvalue weighted by molar-refractivity contribution is 5.87. The van der Waals surface area contributed by atoms with E-state index in [1.54, 1.807) is 12.1 Å². The topological polar surface area (TPSA) is 77.6 Å². The van der Waals surface area contributed by atoms with Crippen LogP contribution in [0.3, 0.4) is 0 Å². The highest BCUT2D eigenvalue weighted by Gasteiger charge is 2.07. The van der Waals surface area contributed by atoms with Gasteiger partial charge in [-0.15, -0.1) is 0 Å². The lowest BCUT2D eigenvalue weighted by molar-refractivity contribution is 0.475. The van der Waals surface area contributed by atoms with Gasteiger partial charge in [0.1, 0.15) is 5.75 Å². The van der Waals surface area contributed by atoms with Crippen LogP contribution in [0.15, 0.2) is 66.7 Å². The third-order valence-electron chi connectivity index (χ3n) is 5.35. The van der Waals surface area contributed by atoms with E-state index in [1.165, 1.54) is 0 Å². The van der Waals surface area contributed by atoms with Gasteiger partial charge in [-0.3, -0.25) is 0 Å². The third-order valence-corrected chi connectivity index (χ3v) is 5.35. The van der Waals surface area contributed by atoms with Gasteiger partial charge in [0.2, 0.25) is 0 Å². The molecule has 2 aliphatic rings. The molecular weight excluding hydrogens is 384 g/mol. The van der Waals surface area contributed by atoms with E-state index < -0.39 is 0 Å². The predicted molar refractivity (Wildman–Crippen MR) is 126 cm³/mol. The molecular formula is C26H18N4O. The molecule has 2 aliphatic heterocycles. The molecule has 0 fully saturated rings. The zero-order valence-corrected chi connectivity index (χ0v) is 16.5. The number of nitrogens with one attached hydrogen (secondary N) is 2. The van der Waals surface area contributed by atoms with Crippen LogP contribution >= 0.6 is 0 Å². The van der Waals surface area contributed by atoms with Crippen molar-refractivity contribution in [2.75, 3.05) is 0 Å². The van der Waals surface area contributed by atoms with Gasteiger partial charge in [0, 0.05) is 27.6 Å². The first-order chi connectivity index (χ1) is 15.2. The lowest BCUT2D eigenvalue weighted by Gasteiger charge is -1.99. The number of hydrogen-bond donors (Lipinski definition) is 3. The number of nitrogens with zero attached hydrogens (tertiary/aromatic N) is 2. The number of benzene rings is 1. The molecule has 0 atom stereocenters. The molecule has 4 aromatic rings. The smallest absolute Gasteiger partial charge is 0.115 e. The summed E-state index contributed by atoms with van der Waals surface area (Å²) in [5, 5.41) is 9.68. The minimum atomic E-state index is 0.247. The zero-order valence-electron chi connectivity index (χ0n) is 16.5. The second kappa shape index (κ2) is 6.85. The van der Waals surface area contributed by atoms with Gasteiger partial charge in [-0.2, -0.15) is 0 Å². The summed E-state index contributed by atoms with van der Waals surface area (Å²) in [6.07, 6.45) is 8.04. The van der Waals surface area contributed by atoms with Crippen molar-refractivity contribution in [2.45, 2.75) is 0 Å². The second-order valence-electron chi connectivity index (χ2n) is 7.64. The number of fused-ring (bicyclic) bond motifs is 8. The van der Waals surface area contributed by atoms with Crippen molar-refractivity contribution < 1.29 is 5.11 Å². The summed E-state index contributed by atoms with van der Waals surface area (Å²) in [4.78, 5) is 16.3. The van der Waals surface area contributed by atoms with Crippen LogP contribution in [-0.4, -0.2) is 25.0 Å². The van der Waals surface area contributed by atoms with Crippen LogP contribution < -0.4 is 0 Å². The fourth-order valence-corrected chi connectivity index (χ4v) is 3.90. The number of H-pyrrole nitrogens is 2. The number of phenolic OH excluding ortho intramolecular Hbond substituents is 1. The Labute approximate surface area is 178 Å². The number of aromatic hydroxyl groups is 1. The maximum Gasteiger partial charge on any atom is 0.115 e. The van der Waals surface area contributed by atoms with Crippen molar-refractivity contribution in [3.05, 3.63) is 89.5 Å². The van der Waals surface area contributed by atoms with Crippen LogP contribution in [0, 0.1) is 0 Å². The second-order valence-corrected chi connectivity index (χ2v) is 7.64. The standard InChI is InChI=1S/C26H18N4O/c31-24-9-1-16(2-10-24)25-14-23-13-21-6-5-19(28-21)11-17-3-4-18(27-17)12-20-7-8-22(29-20)15-26(25)30-23/h1-15,27,30-31H. The Morgan fingerprint density at radius 3 is 1.71 bits per heavy atom. The molecule has 0 amide bonds. The highest BCUT2D eigenvalue weighted by atomic mass is 16.3. The first-order valence-electron chi connectivity index (χ1n) is 10.1. The Balaban J connectivity index is 1.67. The summed E-state index contributed by atoms with van der Waals surface area (Å²) >= 11 is 0. The fraction of sp³-hybridized carbons (Fsp3) is 0. The van der Waals surface area contributed by atoms with Gasteiger partial charge in [0.15, 0.2) is 0 Å². The van der Waals surface area contributed by atoms with E-state index in [0.29, 0.717) is 0 Å². The van der Waals surface area contributed by atoms with Crippen molar-refractivity contribution in [1.29, 1.82) is 0 Å². The van der Waals surface area contributed by atoms with Crippen molar-refractivity contribution in [3.8, 4) is 16.9 Å². The average Bonchev–Trinajstić information content (AvgIpc) is 3.54. The van der Waals surface area contributed by atoms with Gasteiger partial charge >= 0.3 is 0 Å². The molecule has 5 nitrogen and oxygen atoms in total. The number of rotatable bonds is 1. The molecule has 5 heterocycles. The van der Waals surface area contributed by atoms with Crippen molar-refractivity contribution in [2.24, 2.45) is 0 Å². The number of phenols is 1. The van der Waals surface area contributed by atoms with Crippen LogP contribution in [0.1, 0.15) is 22.8 Å². The highest BCUT2D eigenvalue weighted by Crippen LogP contribution is 2.29. The first kappa shape index (κ1) is 17.5. The van der Waals surface area contributed by atoms with E-state index in [9.17, 15) is 5.11 Å². The van der Waals surface area contributed by atoms with Gasteiger partial charge in [0.05, 0.1) is 22.8 Å². The molecule has 0 saturated carbocycles.